The molecule has 2 aromatic heterocycles. The van der Waals surface area contributed by atoms with Crippen molar-refractivity contribution in [3.63, 3.8) is 0 Å². The Morgan fingerprint density at radius 3 is 2.72 bits per heavy atom. The number of thiophene rings is 1. The van der Waals surface area contributed by atoms with Crippen LogP contribution >= 0.6 is 11.3 Å². The summed E-state index contributed by atoms with van der Waals surface area (Å²) in [6, 6.07) is 1.46. The first-order valence-corrected chi connectivity index (χ1v) is 7.53. The molecule has 0 aromatic carbocycles. The Balaban J connectivity index is 2.33. The Hall–Kier alpha value is -1.38. The largest absolute Gasteiger partial charge is 0.391 e. The summed E-state index contributed by atoms with van der Waals surface area (Å²) >= 11 is 1.20. The summed E-state index contributed by atoms with van der Waals surface area (Å²) in [6.07, 6.45) is 0. The summed E-state index contributed by atoms with van der Waals surface area (Å²) in [6.45, 7) is 3.29. The molecule has 0 fully saturated rings. The summed E-state index contributed by atoms with van der Waals surface area (Å²) in [4.78, 5) is 0.757. The molecule has 0 saturated heterocycles. The van der Waals surface area contributed by atoms with Gasteiger partial charge in [-0.1, -0.05) is 0 Å². The average molecular weight is 287 g/mol. The second-order valence-electron chi connectivity index (χ2n) is 3.82. The van der Waals surface area contributed by atoms with Crippen LogP contribution in [0.15, 0.2) is 16.3 Å². The number of sulfonamides is 1. The molecule has 0 amide bonds. The molecule has 0 bridgehead atoms. The fraction of sp³-hybridized carbons (Fsp3) is 0.300. The summed E-state index contributed by atoms with van der Waals surface area (Å²) in [5.74, 6) is 0. The van der Waals surface area contributed by atoms with Crippen molar-refractivity contribution in [3.8, 4) is 0 Å². The lowest BCUT2D eigenvalue weighted by Crippen LogP contribution is -2.13. The van der Waals surface area contributed by atoms with Gasteiger partial charge in [0.15, 0.2) is 0 Å². The van der Waals surface area contributed by atoms with E-state index in [1.54, 1.807) is 13.8 Å². The molecule has 0 unspecified atom stereocenters. The minimum Gasteiger partial charge on any atom is -0.391 e. The number of hydrogen-bond donors (Lipinski definition) is 3. The van der Waals surface area contributed by atoms with E-state index in [0.29, 0.717) is 22.0 Å². The maximum Gasteiger partial charge on any atom is 0.262 e. The lowest BCUT2D eigenvalue weighted by molar-refractivity contribution is 0.285. The van der Waals surface area contributed by atoms with Gasteiger partial charge in [-0.3, -0.25) is 9.82 Å². The molecule has 0 radical (unpaired) electrons. The SMILES string of the molecule is Cc1n[nH]c(C)c1NS(=O)(=O)c1csc(CO)c1. The smallest absolute Gasteiger partial charge is 0.262 e. The van der Waals surface area contributed by atoms with Gasteiger partial charge in [-0.05, 0) is 19.9 Å². The zero-order valence-electron chi connectivity index (χ0n) is 9.89. The molecule has 2 heterocycles. The van der Waals surface area contributed by atoms with Crippen LogP contribution in [0.1, 0.15) is 16.3 Å². The van der Waals surface area contributed by atoms with Crippen molar-refractivity contribution in [1.82, 2.24) is 10.2 Å². The van der Waals surface area contributed by atoms with E-state index in [4.69, 9.17) is 5.11 Å². The van der Waals surface area contributed by atoms with Crippen LogP contribution in [0, 0.1) is 13.8 Å². The molecular weight excluding hydrogens is 274 g/mol. The normalized spacial score (nSPS) is 11.7. The highest BCUT2D eigenvalue weighted by Crippen LogP contribution is 2.24. The van der Waals surface area contributed by atoms with E-state index >= 15 is 0 Å². The zero-order chi connectivity index (χ0) is 13.3. The lowest BCUT2D eigenvalue weighted by Gasteiger charge is -2.06. The Morgan fingerprint density at radius 2 is 2.22 bits per heavy atom. The van der Waals surface area contributed by atoms with Crippen molar-refractivity contribution in [2.75, 3.05) is 4.72 Å². The van der Waals surface area contributed by atoms with Crippen LogP contribution in [0.3, 0.4) is 0 Å². The maximum absolute atomic E-state index is 12.1. The molecule has 0 atom stereocenters. The number of hydrogen-bond acceptors (Lipinski definition) is 5. The first-order valence-electron chi connectivity index (χ1n) is 5.16. The topological polar surface area (TPSA) is 95.1 Å². The Morgan fingerprint density at radius 1 is 1.50 bits per heavy atom. The zero-order valence-corrected chi connectivity index (χ0v) is 11.5. The van der Waals surface area contributed by atoms with Gasteiger partial charge < -0.3 is 5.11 Å². The van der Waals surface area contributed by atoms with E-state index in [0.717, 1.165) is 0 Å². The molecule has 2 aromatic rings. The molecule has 0 spiro atoms. The quantitative estimate of drug-likeness (QED) is 0.791. The third kappa shape index (κ3) is 2.40. The van der Waals surface area contributed by atoms with Crippen molar-refractivity contribution in [3.05, 3.63) is 27.7 Å². The van der Waals surface area contributed by atoms with E-state index in [1.165, 1.54) is 22.8 Å². The van der Waals surface area contributed by atoms with Gasteiger partial charge in [0.05, 0.1) is 28.6 Å². The molecule has 0 aliphatic rings. The number of aryl methyl sites for hydroxylation is 2. The number of aromatic nitrogens is 2. The van der Waals surface area contributed by atoms with Gasteiger partial charge in [-0.15, -0.1) is 11.3 Å². The van der Waals surface area contributed by atoms with E-state index in [2.05, 4.69) is 14.9 Å². The number of aromatic amines is 1. The van der Waals surface area contributed by atoms with Crippen LogP contribution in [0.2, 0.25) is 0 Å². The fourth-order valence-electron chi connectivity index (χ4n) is 1.48. The Bertz CT molecular complexity index is 638. The molecule has 3 N–H and O–H groups in total. The molecule has 2 rings (SSSR count). The van der Waals surface area contributed by atoms with Crippen molar-refractivity contribution in [2.45, 2.75) is 25.3 Å². The number of H-pyrrole nitrogens is 1. The second-order valence-corrected chi connectivity index (χ2v) is 6.50. The summed E-state index contributed by atoms with van der Waals surface area (Å²) in [7, 11) is -3.63. The Kier molecular flexibility index (Phi) is 3.42. The number of rotatable bonds is 4. The van der Waals surface area contributed by atoms with E-state index in [9.17, 15) is 8.42 Å². The first-order chi connectivity index (χ1) is 8.44. The van der Waals surface area contributed by atoms with Crippen LogP contribution in [-0.4, -0.2) is 23.7 Å². The van der Waals surface area contributed by atoms with Crippen LogP contribution in [-0.2, 0) is 16.6 Å². The van der Waals surface area contributed by atoms with Gasteiger partial charge in [0.25, 0.3) is 10.0 Å². The average Bonchev–Trinajstić information content (AvgIpc) is 2.91. The monoisotopic (exact) mass is 287 g/mol. The number of nitrogens with one attached hydrogen (secondary N) is 2. The van der Waals surface area contributed by atoms with Gasteiger partial charge in [-0.2, -0.15) is 5.10 Å². The third-order valence-corrected chi connectivity index (χ3v) is 4.86. The van der Waals surface area contributed by atoms with Crippen molar-refractivity contribution < 1.29 is 13.5 Å². The number of aliphatic hydroxyl groups is 1. The maximum atomic E-state index is 12.1. The highest BCUT2D eigenvalue weighted by Gasteiger charge is 2.19. The number of nitrogens with zero attached hydrogens (tertiary/aromatic N) is 1. The second kappa shape index (κ2) is 4.71. The molecule has 6 nitrogen and oxygen atoms in total. The van der Waals surface area contributed by atoms with Gasteiger partial charge in [0.1, 0.15) is 0 Å². The number of anilines is 1. The minimum absolute atomic E-state index is 0.150. The molecule has 0 aliphatic heterocycles. The van der Waals surface area contributed by atoms with Crippen LogP contribution in [0.4, 0.5) is 5.69 Å². The summed E-state index contributed by atoms with van der Waals surface area (Å²) in [5.41, 5.74) is 1.72. The Labute approximate surface area is 109 Å². The van der Waals surface area contributed by atoms with Gasteiger partial charge in [0, 0.05) is 10.3 Å². The standard InChI is InChI=1S/C10H13N3O3S2/c1-6-10(7(2)12-11-6)13-18(15,16)9-3-8(4-14)17-5-9/h3,5,13-14H,4H2,1-2H3,(H,11,12). The highest BCUT2D eigenvalue weighted by molar-refractivity contribution is 7.92. The molecule has 0 aliphatic carbocycles. The molecule has 0 saturated carbocycles. The molecular formula is C10H13N3O3S2. The third-order valence-electron chi connectivity index (χ3n) is 2.46. The van der Waals surface area contributed by atoms with E-state index < -0.39 is 10.0 Å². The van der Waals surface area contributed by atoms with Crippen molar-refractivity contribution in [1.29, 1.82) is 0 Å². The van der Waals surface area contributed by atoms with Crippen molar-refractivity contribution in [2.24, 2.45) is 0 Å². The van der Waals surface area contributed by atoms with Gasteiger partial charge >= 0.3 is 0 Å². The van der Waals surface area contributed by atoms with Crippen molar-refractivity contribution >= 4 is 27.0 Å². The van der Waals surface area contributed by atoms with E-state index in [-0.39, 0.29) is 11.5 Å². The predicted molar refractivity (Wildman–Crippen MR) is 69.1 cm³/mol. The van der Waals surface area contributed by atoms with Crippen LogP contribution in [0.5, 0.6) is 0 Å². The van der Waals surface area contributed by atoms with Crippen LogP contribution in [0.25, 0.3) is 0 Å². The van der Waals surface area contributed by atoms with E-state index in [1.807, 2.05) is 0 Å². The van der Waals surface area contributed by atoms with Crippen LogP contribution < -0.4 is 4.72 Å². The molecule has 8 heteroatoms. The van der Waals surface area contributed by atoms with Gasteiger partial charge in [0.2, 0.25) is 0 Å². The molecule has 98 valence electrons. The number of aliphatic hydroxyl groups excluding tert-OH is 1. The first kappa shape index (κ1) is 13.1. The summed E-state index contributed by atoms with van der Waals surface area (Å²) in [5, 5.41) is 17.1. The van der Waals surface area contributed by atoms with Gasteiger partial charge in [-0.25, -0.2) is 8.42 Å². The minimum atomic E-state index is -3.63. The fourth-order valence-corrected chi connectivity index (χ4v) is 3.79. The lowest BCUT2D eigenvalue weighted by atomic mass is 10.3. The summed E-state index contributed by atoms with van der Waals surface area (Å²) < 4.78 is 26.7. The molecule has 18 heavy (non-hydrogen) atoms. The highest BCUT2D eigenvalue weighted by atomic mass is 32.2. The predicted octanol–water partition coefficient (Wildman–Crippen LogP) is 1.38.